The summed E-state index contributed by atoms with van der Waals surface area (Å²) in [5.74, 6) is 1.82. The summed E-state index contributed by atoms with van der Waals surface area (Å²) in [6.45, 7) is 2.17. The average Bonchev–Trinajstić information content (AvgIpc) is 3.17. The Kier molecular flexibility index (Phi) is 5.41. The molecule has 0 bridgehead atoms. The maximum atomic E-state index is 5.57. The van der Waals surface area contributed by atoms with Gasteiger partial charge >= 0.3 is 0 Å². The number of hydrogen-bond donors (Lipinski definition) is 1. The fraction of sp³-hybridized carbons (Fsp3) is 0.300. The van der Waals surface area contributed by atoms with Crippen molar-refractivity contribution >= 4 is 0 Å². The van der Waals surface area contributed by atoms with Crippen molar-refractivity contribution in [2.45, 2.75) is 19.8 Å². The van der Waals surface area contributed by atoms with E-state index in [2.05, 4.69) is 46.6 Å². The molecule has 0 radical (unpaired) electrons. The third-order valence-electron chi connectivity index (χ3n) is 4.26. The predicted molar refractivity (Wildman–Crippen MR) is 101 cm³/mol. The molecule has 6 heteroatoms. The smallest absolute Gasteiger partial charge is 0.170 e. The largest absolute Gasteiger partial charge is 0.497 e. The summed E-state index contributed by atoms with van der Waals surface area (Å²) in [7, 11) is 4.81. The van der Waals surface area contributed by atoms with E-state index in [1.165, 1.54) is 5.56 Å². The molecule has 0 spiro atoms. The first-order chi connectivity index (χ1) is 12.7. The normalized spacial score (nSPS) is 10.6. The van der Waals surface area contributed by atoms with Gasteiger partial charge in [-0.2, -0.15) is 15.4 Å². The molecule has 1 aromatic heterocycles. The molecule has 136 valence electrons. The van der Waals surface area contributed by atoms with E-state index >= 15 is 0 Å². The van der Waals surface area contributed by atoms with Crippen molar-refractivity contribution in [1.29, 1.82) is 0 Å². The van der Waals surface area contributed by atoms with Crippen molar-refractivity contribution in [2.24, 2.45) is 0 Å². The van der Waals surface area contributed by atoms with Gasteiger partial charge in [0.1, 0.15) is 17.1 Å². The van der Waals surface area contributed by atoms with Gasteiger partial charge in [-0.05, 0) is 18.1 Å². The van der Waals surface area contributed by atoms with Crippen LogP contribution in [-0.2, 0) is 6.42 Å². The van der Waals surface area contributed by atoms with Crippen LogP contribution in [0.5, 0.6) is 17.2 Å². The van der Waals surface area contributed by atoms with Crippen LogP contribution in [0.15, 0.2) is 36.4 Å². The number of ether oxygens (including phenoxy) is 3. The van der Waals surface area contributed by atoms with Gasteiger partial charge in [0.25, 0.3) is 0 Å². The van der Waals surface area contributed by atoms with Crippen molar-refractivity contribution in [3.05, 3.63) is 42.0 Å². The lowest BCUT2D eigenvalue weighted by Gasteiger charge is -2.14. The molecule has 3 aromatic rings. The summed E-state index contributed by atoms with van der Waals surface area (Å²) in [5, 5.41) is 11.4. The van der Waals surface area contributed by atoms with Gasteiger partial charge in [-0.25, -0.2) is 0 Å². The number of rotatable bonds is 7. The molecule has 1 heterocycles. The van der Waals surface area contributed by atoms with Crippen LogP contribution < -0.4 is 14.2 Å². The zero-order chi connectivity index (χ0) is 18.5. The Labute approximate surface area is 153 Å². The minimum atomic E-state index is 0.578. The fourth-order valence-electron chi connectivity index (χ4n) is 2.97. The third kappa shape index (κ3) is 3.35. The van der Waals surface area contributed by atoms with E-state index in [1.807, 2.05) is 6.07 Å². The van der Waals surface area contributed by atoms with E-state index < -0.39 is 0 Å². The molecule has 0 fully saturated rings. The van der Waals surface area contributed by atoms with Crippen molar-refractivity contribution in [1.82, 2.24) is 15.4 Å². The van der Waals surface area contributed by atoms with Gasteiger partial charge in [0, 0.05) is 11.6 Å². The Morgan fingerprint density at radius 2 is 1.62 bits per heavy atom. The van der Waals surface area contributed by atoms with E-state index in [9.17, 15) is 0 Å². The van der Waals surface area contributed by atoms with E-state index in [-0.39, 0.29) is 0 Å². The Bertz CT molecular complexity index is 873. The van der Waals surface area contributed by atoms with Crippen molar-refractivity contribution in [2.75, 3.05) is 21.3 Å². The quantitative estimate of drug-likeness (QED) is 0.692. The van der Waals surface area contributed by atoms with Crippen LogP contribution in [0.4, 0.5) is 0 Å². The molecule has 1 N–H and O–H groups in total. The van der Waals surface area contributed by atoms with Crippen LogP contribution in [0.3, 0.4) is 0 Å². The molecule has 0 atom stereocenters. The van der Waals surface area contributed by atoms with Gasteiger partial charge < -0.3 is 14.2 Å². The Hall–Kier alpha value is -3.02. The van der Waals surface area contributed by atoms with Crippen molar-refractivity contribution in [3.8, 4) is 39.8 Å². The molecule has 6 nitrogen and oxygen atoms in total. The SMILES string of the molecule is CCCc1ccc(-c2n[nH]nc2-c2cc(OC)cc(OC)c2OC)cc1. The number of aromatic nitrogens is 3. The lowest BCUT2D eigenvalue weighted by Crippen LogP contribution is -1.96. The molecule has 0 aliphatic carbocycles. The molecule has 0 amide bonds. The third-order valence-corrected chi connectivity index (χ3v) is 4.26. The lowest BCUT2D eigenvalue weighted by molar-refractivity contribution is 0.350. The lowest BCUT2D eigenvalue weighted by atomic mass is 10.0. The van der Waals surface area contributed by atoms with Gasteiger partial charge in [-0.1, -0.05) is 37.6 Å². The summed E-state index contributed by atoms with van der Waals surface area (Å²) >= 11 is 0. The van der Waals surface area contributed by atoms with E-state index in [1.54, 1.807) is 27.4 Å². The van der Waals surface area contributed by atoms with Crippen molar-refractivity contribution in [3.63, 3.8) is 0 Å². The molecule has 26 heavy (non-hydrogen) atoms. The van der Waals surface area contributed by atoms with Crippen LogP contribution in [-0.4, -0.2) is 36.7 Å². The van der Waals surface area contributed by atoms with Gasteiger partial charge in [0.15, 0.2) is 11.5 Å². The summed E-state index contributed by atoms with van der Waals surface area (Å²) in [5.41, 5.74) is 4.48. The van der Waals surface area contributed by atoms with Crippen LogP contribution in [0.1, 0.15) is 18.9 Å². The van der Waals surface area contributed by atoms with Gasteiger partial charge in [0.2, 0.25) is 0 Å². The van der Waals surface area contributed by atoms with Crippen LogP contribution in [0.2, 0.25) is 0 Å². The molecule has 2 aromatic carbocycles. The first kappa shape index (κ1) is 17.8. The van der Waals surface area contributed by atoms with E-state index in [0.717, 1.165) is 29.7 Å². The second-order valence-corrected chi connectivity index (χ2v) is 5.88. The molecule has 0 aliphatic heterocycles. The minimum Gasteiger partial charge on any atom is -0.497 e. The van der Waals surface area contributed by atoms with Crippen LogP contribution >= 0.6 is 0 Å². The highest BCUT2D eigenvalue weighted by Crippen LogP contribution is 2.43. The van der Waals surface area contributed by atoms with Gasteiger partial charge in [0.05, 0.1) is 26.9 Å². The second-order valence-electron chi connectivity index (χ2n) is 5.88. The molecule has 0 saturated carbocycles. The number of methoxy groups -OCH3 is 3. The molecule has 0 saturated heterocycles. The first-order valence-electron chi connectivity index (χ1n) is 8.52. The number of hydrogen-bond acceptors (Lipinski definition) is 5. The number of nitrogens with one attached hydrogen (secondary N) is 1. The van der Waals surface area contributed by atoms with Crippen LogP contribution in [0, 0.1) is 0 Å². The maximum absolute atomic E-state index is 5.57. The Balaban J connectivity index is 2.11. The molecule has 0 aliphatic rings. The van der Waals surface area contributed by atoms with Crippen LogP contribution in [0.25, 0.3) is 22.5 Å². The maximum Gasteiger partial charge on any atom is 0.170 e. The zero-order valence-corrected chi connectivity index (χ0v) is 15.5. The predicted octanol–water partition coefficient (Wildman–Crippen LogP) is 4.12. The molecular weight excluding hydrogens is 330 g/mol. The highest BCUT2D eigenvalue weighted by Gasteiger charge is 2.21. The molecular formula is C20H23N3O3. The number of benzene rings is 2. The molecule has 3 rings (SSSR count). The Morgan fingerprint density at radius 1 is 0.885 bits per heavy atom. The first-order valence-corrected chi connectivity index (χ1v) is 8.52. The van der Waals surface area contributed by atoms with Crippen molar-refractivity contribution < 1.29 is 14.2 Å². The van der Waals surface area contributed by atoms with E-state index in [0.29, 0.717) is 22.9 Å². The summed E-state index contributed by atoms with van der Waals surface area (Å²) in [6.07, 6.45) is 2.18. The monoisotopic (exact) mass is 353 g/mol. The summed E-state index contributed by atoms with van der Waals surface area (Å²) in [4.78, 5) is 0. The Morgan fingerprint density at radius 3 is 2.23 bits per heavy atom. The van der Waals surface area contributed by atoms with Gasteiger partial charge in [-0.15, -0.1) is 0 Å². The minimum absolute atomic E-state index is 0.578. The summed E-state index contributed by atoms with van der Waals surface area (Å²) < 4.78 is 16.4. The van der Waals surface area contributed by atoms with E-state index in [4.69, 9.17) is 14.2 Å². The summed E-state index contributed by atoms with van der Waals surface area (Å²) in [6, 6.07) is 12.0. The van der Waals surface area contributed by atoms with Gasteiger partial charge in [-0.3, -0.25) is 0 Å². The number of aromatic amines is 1. The topological polar surface area (TPSA) is 69.3 Å². The number of aryl methyl sites for hydroxylation is 1. The average molecular weight is 353 g/mol. The fourth-order valence-corrected chi connectivity index (χ4v) is 2.97. The zero-order valence-electron chi connectivity index (χ0n) is 15.5. The standard InChI is InChI=1S/C20H23N3O3/c1-5-6-13-7-9-14(10-8-13)18-19(22-23-21-18)16-11-15(24-2)12-17(25-3)20(16)26-4/h7-12H,5-6H2,1-4H3,(H,21,22,23). The highest BCUT2D eigenvalue weighted by molar-refractivity contribution is 5.83. The highest BCUT2D eigenvalue weighted by atomic mass is 16.5. The number of nitrogens with zero attached hydrogens (tertiary/aromatic N) is 2. The second kappa shape index (κ2) is 7.91. The number of H-pyrrole nitrogens is 1. The molecule has 0 unspecified atom stereocenters.